The van der Waals surface area contributed by atoms with Gasteiger partial charge < -0.3 is 5.32 Å². The van der Waals surface area contributed by atoms with Gasteiger partial charge in [0.05, 0.1) is 17.8 Å². The zero-order valence-electron chi connectivity index (χ0n) is 10.6. The highest BCUT2D eigenvalue weighted by Gasteiger charge is 2.30. The standard InChI is InChI=1S/C14H12BrF3N2/c1-9-3-2-4-11(20-9)8-19-13-6-5-10(7-12(13)15)14(16,17)18/h2-7,19H,8H2,1H3. The highest BCUT2D eigenvalue weighted by atomic mass is 79.9. The minimum atomic E-state index is -4.33. The summed E-state index contributed by atoms with van der Waals surface area (Å²) in [6, 6.07) is 9.15. The summed E-state index contributed by atoms with van der Waals surface area (Å²) in [6.45, 7) is 2.34. The molecule has 0 saturated heterocycles. The van der Waals surface area contributed by atoms with Gasteiger partial charge in [0, 0.05) is 15.9 Å². The van der Waals surface area contributed by atoms with E-state index in [4.69, 9.17) is 0 Å². The summed E-state index contributed by atoms with van der Waals surface area (Å²) in [5.74, 6) is 0. The average molecular weight is 345 g/mol. The van der Waals surface area contributed by atoms with Crippen molar-refractivity contribution in [1.29, 1.82) is 0 Å². The lowest BCUT2D eigenvalue weighted by Crippen LogP contribution is -2.06. The van der Waals surface area contributed by atoms with Crippen LogP contribution in [0.25, 0.3) is 0 Å². The number of anilines is 1. The van der Waals surface area contributed by atoms with Gasteiger partial charge in [0.25, 0.3) is 0 Å². The summed E-state index contributed by atoms with van der Waals surface area (Å²) in [5.41, 5.74) is 1.65. The number of halogens is 4. The van der Waals surface area contributed by atoms with E-state index in [-0.39, 0.29) is 0 Å². The fourth-order valence-corrected chi connectivity index (χ4v) is 2.24. The molecule has 0 spiro atoms. The molecule has 0 radical (unpaired) electrons. The molecule has 1 N–H and O–H groups in total. The lowest BCUT2D eigenvalue weighted by Gasteiger charge is -2.12. The van der Waals surface area contributed by atoms with Crippen LogP contribution in [0.1, 0.15) is 17.0 Å². The maximum absolute atomic E-state index is 12.5. The molecule has 0 fully saturated rings. The molecule has 0 saturated carbocycles. The predicted molar refractivity (Wildman–Crippen MR) is 75.4 cm³/mol. The Morgan fingerprint density at radius 2 is 1.95 bits per heavy atom. The van der Waals surface area contributed by atoms with Crippen molar-refractivity contribution in [2.75, 3.05) is 5.32 Å². The van der Waals surface area contributed by atoms with Crippen molar-refractivity contribution >= 4 is 21.6 Å². The monoisotopic (exact) mass is 344 g/mol. The van der Waals surface area contributed by atoms with Crippen LogP contribution >= 0.6 is 15.9 Å². The van der Waals surface area contributed by atoms with Gasteiger partial charge in [-0.05, 0) is 53.2 Å². The van der Waals surface area contributed by atoms with Gasteiger partial charge >= 0.3 is 6.18 Å². The van der Waals surface area contributed by atoms with E-state index in [1.165, 1.54) is 6.07 Å². The molecule has 1 heterocycles. The van der Waals surface area contributed by atoms with Gasteiger partial charge in [-0.1, -0.05) is 6.07 Å². The molecule has 0 atom stereocenters. The first-order valence-electron chi connectivity index (χ1n) is 5.89. The van der Waals surface area contributed by atoms with Crippen LogP contribution in [0.3, 0.4) is 0 Å². The summed E-state index contributed by atoms with van der Waals surface area (Å²) in [7, 11) is 0. The number of aryl methyl sites for hydroxylation is 1. The Morgan fingerprint density at radius 3 is 2.55 bits per heavy atom. The molecule has 0 aliphatic heterocycles. The number of hydrogen-bond acceptors (Lipinski definition) is 2. The number of hydrogen-bond donors (Lipinski definition) is 1. The van der Waals surface area contributed by atoms with Crippen molar-refractivity contribution in [3.8, 4) is 0 Å². The van der Waals surface area contributed by atoms with Crippen LogP contribution in [0.5, 0.6) is 0 Å². The van der Waals surface area contributed by atoms with Crippen molar-refractivity contribution in [1.82, 2.24) is 4.98 Å². The molecule has 6 heteroatoms. The maximum atomic E-state index is 12.5. The number of benzene rings is 1. The Bertz CT molecular complexity index is 612. The third-order valence-electron chi connectivity index (χ3n) is 2.70. The second kappa shape index (κ2) is 5.83. The van der Waals surface area contributed by atoms with Crippen LogP contribution in [-0.2, 0) is 12.7 Å². The number of aromatic nitrogens is 1. The number of alkyl halides is 3. The van der Waals surface area contributed by atoms with E-state index in [9.17, 15) is 13.2 Å². The molecule has 1 aromatic heterocycles. The summed E-state index contributed by atoms with van der Waals surface area (Å²) in [4.78, 5) is 4.32. The van der Waals surface area contributed by atoms with Gasteiger partial charge in [-0.15, -0.1) is 0 Å². The van der Waals surface area contributed by atoms with Crippen LogP contribution in [0, 0.1) is 6.92 Å². The Hall–Kier alpha value is -1.56. The first-order valence-corrected chi connectivity index (χ1v) is 6.69. The lowest BCUT2D eigenvalue weighted by atomic mass is 10.2. The quantitative estimate of drug-likeness (QED) is 0.866. The minimum absolute atomic E-state index is 0.375. The van der Waals surface area contributed by atoms with E-state index >= 15 is 0 Å². The second-order valence-electron chi connectivity index (χ2n) is 4.32. The van der Waals surface area contributed by atoms with Gasteiger partial charge in [0.2, 0.25) is 0 Å². The fraction of sp³-hybridized carbons (Fsp3) is 0.214. The molecule has 0 amide bonds. The number of pyridine rings is 1. The Labute approximate surface area is 123 Å². The molecule has 2 aromatic rings. The number of nitrogens with one attached hydrogen (secondary N) is 1. The van der Waals surface area contributed by atoms with E-state index in [0.717, 1.165) is 23.5 Å². The number of rotatable bonds is 3. The van der Waals surface area contributed by atoms with E-state index in [0.29, 0.717) is 16.7 Å². The van der Waals surface area contributed by atoms with Gasteiger partial charge in [0.1, 0.15) is 0 Å². The molecule has 106 valence electrons. The molecule has 1 aromatic carbocycles. The maximum Gasteiger partial charge on any atom is 0.416 e. The van der Waals surface area contributed by atoms with Crippen LogP contribution in [-0.4, -0.2) is 4.98 Å². The summed E-state index contributed by atoms with van der Waals surface area (Å²) < 4.78 is 38.0. The molecule has 2 rings (SSSR count). The topological polar surface area (TPSA) is 24.9 Å². The first-order chi connectivity index (χ1) is 9.36. The van der Waals surface area contributed by atoms with Crippen molar-refractivity contribution in [3.05, 3.63) is 57.8 Å². The second-order valence-corrected chi connectivity index (χ2v) is 5.17. The van der Waals surface area contributed by atoms with E-state index < -0.39 is 11.7 Å². The van der Waals surface area contributed by atoms with Crippen LogP contribution in [0.2, 0.25) is 0 Å². The third kappa shape index (κ3) is 3.72. The highest BCUT2D eigenvalue weighted by Crippen LogP contribution is 2.33. The van der Waals surface area contributed by atoms with E-state index in [1.54, 1.807) is 0 Å². The molecule has 0 aliphatic carbocycles. The Balaban J connectivity index is 2.11. The summed E-state index contributed by atoms with van der Waals surface area (Å²) >= 11 is 3.14. The SMILES string of the molecule is Cc1cccc(CNc2ccc(C(F)(F)F)cc2Br)n1. The van der Waals surface area contributed by atoms with Crippen molar-refractivity contribution < 1.29 is 13.2 Å². The zero-order chi connectivity index (χ0) is 14.8. The largest absolute Gasteiger partial charge is 0.416 e. The van der Waals surface area contributed by atoms with Crippen LogP contribution in [0.15, 0.2) is 40.9 Å². The Kier molecular flexibility index (Phi) is 4.32. The van der Waals surface area contributed by atoms with E-state index in [2.05, 4.69) is 26.2 Å². The van der Waals surface area contributed by atoms with Gasteiger partial charge in [-0.3, -0.25) is 4.98 Å². The first kappa shape index (κ1) is 14.8. The van der Waals surface area contributed by atoms with Crippen molar-refractivity contribution in [2.45, 2.75) is 19.6 Å². The average Bonchev–Trinajstić information content (AvgIpc) is 2.36. The molecular weight excluding hydrogens is 333 g/mol. The van der Waals surface area contributed by atoms with Crippen molar-refractivity contribution in [2.24, 2.45) is 0 Å². The van der Waals surface area contributed by atoms with Crippen LogP contribution in [0.4, 0.5) is 18.9 Å². The van der Waals surface area contributed by atoms with Gasteiger partial charge in [0.15, 0.2) is 0 Å². The molecule has 0 aliphatic rings. The lowest BCUT2D eigenvalue weighted by molar-refractivity contribution is -0.137. The van der Waals surface area contributed by atoms with Crippen molar-refractivity contribution in [3.63, 3.8) is 0 Å². The zero-order valence-corrected chi connectivity index (χ0v) is 12.2. The Morgan fingerprint density at radius 1 is 1.20 bits per heavy atom. The van der Waals surface area contributed by atoms with E-state index in [1.807, 2.05) is 25.1 Å². The summed E-state index contributed by atoms with van der Waals surface area (Å²) in [6.07, 6.45) is -4.33. The fourth-order valence-electron chi connectivity index (χ4n) is 1.72. The highest BCUT2D eigenvalue weighted by molar-refractivity contribution is 9.10. The third-order valence-corrected chi connectivity index (χ3v) is 3.36. The number of nitrogens with zero attached hydrogens (tertiary/aromatic N) is 1. The molecular formula is C14H12BrF3N2. The predicted octanol–water partition coefficient (Wildman–Crippen LogP) is 4.78. The molecule has 0 unspecified atom stereocenters. The van der Waals surface area contributed by atoms with Gasteiger partial charge in [-0.2, -0.15) is 13.2 Å². The molecule has 2 nitrogen and oxygen atoms in total. The summed E-state index contributed by atoms with van der Waals surface area (Å²) in [5, 5.41) is 3.06. The van der Waals surface area contributed by atoms with Crippen LogP contribution < -0.4 is 5.32 Å². The molecule has 20 heavy (non-hydrogen) atoms. The normalized spacial score (nSPS) is 11.4. The smallest absolute Gasteiger partial charge is 0.378 e. The van der Waals surface area contributed by atoms with Gasteiger partial charge in [-0.25, -0.2) is 0 Å². The molecule has 0 bridgehead atoms. The minimum Gasteiger partial charge on any atom is -0.378 e.